The van der Waals surface area contributed by atoms with Crippen LogP contribution in [0.25, 0.3) is 0 Å². The molecule has 0 saturated heterocycles. The van der Waals surface area contributed by atoms with Crippen LogP contribution in [0.3, 0.4) is 0 Å². The lowest BCUT2D eigenvalue weighted by Gasteiger charge is -2.04. The van der Waals surface area contributed by atoms with E-state index in [9.17, 15) is 0 Å². The predicted octanol–water partition coefficient (Wildman–Crippen LogP) is 4.14. The van der Waals surface area contributed by atoms with Crippen LogP contribution in [-0.4, -0.2) is 26.3 Å². The van der Waals surface area contributed by atoms with Crippen LogP contribution in [0, 0.1) is 0 Å². The predicted molar refractivity (Wildman–Crippen MR) is 76.6 cm³/mol. The third-order valence-corrected chi connectivity index (χ3v) is 3.07. The van der Waals surface area contributed by atoms with Gasteiger partial charge < -0.3 is 10.1 Å². The van der Waals surface area contributed by atoms with Crippen molar-refractivity contribution in [3.63, 3.8) is 0 Å². The number of rotatable bonds is 14. The van der Waals surface area contributed by atoms with Gasteiger partial charge in [0, 0.05) is 13.2 Å². The van der Waals surface area contributed by atoms with Gasteiger partial charge in [-0.3, -0.25) is 0 Å². The maximum absolute atomic E-state index is 5.53. The molecule has 2 nitrogen and oxygen atoms in total. The molecule has 1 N–H and O–H groups in total. The van der Waals surface area contributed by atoms with E-state index in [4.69, 9.17) is 4.74 Å². The van der Waals surface area contributed by atoms with Gasteiger partial charge >= 0.3 is 0 Å². The lowest BCUT2D eigenvalue weighted by atomic mass is 10.1. The Bertz CT molecular complexity index is 114. The summed E-state index contributed by atoms with van der Waals surface area (Å²) < 4.78 is 5.53. The Morgan fingerprint density at radius 3 is 1.88 bits per heavy atom. The molecule has 0 aliphatic heterocycles. The summed E-state index contributed by atoms with van der Waals surface area (Å²) in [7, 11) is 0. The normalized spacial score (nSPS) is 10.9. The number of unbranched alkanes of at least 4 members (excludes halogenated alkanes) is 8. The van der Waals surface area contributed by atoms with Crippen molar-refractivity contribution in [2.24, 2.45) is 0 Å². The first-order valence-corrected chi connectivity index (χ1v) is 7.70. The Balaban J connectivity index is 2.85. The highest BCUT2D eigenvalue weighted by Gasteiger charge is 1.92. The second kappa shape index (κ2) is 15.9. The smallest absolute Gasteiger partial charge is 0.0590 e. The average molecular weight is 243 g/mol. The minimum absolute atomic E-state index is 0.866. The topological polar surface area (TPSA) is 21.3 Å². The van der Waals surface area contributed by atoms with Gasteiger partial charge in [0.25, 0.3) is 0 Å². The molecule has 0 aliphatic rings. The molecular formula is C15H33NO. The number of likely N-dealkylation sites (N-methyl/N-ethyl adjacent to an activating group) is 1. The summed E-state index contributed by atoms with van der Waals surface area (Å²) >= 11 is 0. The van der Waals surface area contributed by atoms with Crippen LogP contribution in [0.4, 0.5) is 0 Å². The van der Waals surface area contributed by atoms with E-state index in [0.717, 1.165) is 26.3 Å². The largest absolute Gasteiger partial charge is 0.380 e. The molecule has 0 aromatic carbocycles. The molecule has 0 atom stereocenters. The Hall–Kier alpha value is -0.0800. The van der Waals surface area contributed by atoms with Crippen molar-refractivity contribution in [2.75, 3.05) is 26.3 Å². The molecule has 0 aliphatic carbocycles. The molecule has 0 amide bonds. The van der Waals surface area contributed by atoms with Gasteiger partial charge in [0.1, 0.15) is 0 Å². The lowest BCUT2D eigenvalue weighted by molar-refractivity contribution is 0.132. The molecule has 0 saturated carbocycles. The summed E-state index contributed by atoms with van der Waals surface area (Å²) in [5, 5.41) is 3.26. The lowest BCUT2D eigenvalue weighted by Crippen LogP contribution is -2.19. The summed E-state index contributed by atoms with van der Waals surface area (Å²) in [6.07, 6.45) is 12.5. The minimum Gasteiger partial charge on any atom is -0.380 e. The molecule has 0 spiro atoms. The van der Waals surface area contributed by atoms with Crippen LogP contribution in [-0.2, 0) is 4.74 Å². The first-order valence-electron chi connectivity index (χ1n) is 7.70. The maximum Gasteiger partial charge on any atom is 0.0590 e. The van der Waals surface area contributed by atoms with Gasteiger partial charge in [0.2, 0.25) is 0 Å². The van der Waals surface area contributed by atoms with Crippen molar-refractivity contribution in [3.8, 4) is 0 Å². The fourth-order valence-electron chi connectivity index (χ4n) is 1.94. The maximum atomic E-state index is 5.53. The van der Waals surface area contributed by atoms with Gasteiger partial charge in [0.15, 0.2) is 0 Å². The monoisotopic (exact) mass is 243 g/mol. The standard InChI is InChI=1S/C15H33NO/c1-3-5-6-7-8-9-10-11-12-14-17-15-13-16-4-2/h16H,3-15H2,1-2H3. The first-order chi connectivity index (χ1) is 8.41. The average Bonchev–Trinajstić information content (AvgIpc) is 2.35. The zero-order chi connectivity index (χ0) is 12.6. The summed E-state index contributed by atoms with van der Waals surface area (Å²) in [5.74, 6) is 0. The molecule has 0 aromatic heterocycles. The third-order valence-electron chi connectivity index (χ3n) is 3.07. The molecule has 0 radical (unpaired) electrons. The summed E-state index contributed by atoms with van der Waals surface area (Å²) in [4.78, 5) is 0. The van der Waals surface area contributed by atoms with Gasteiger partial charge in [0.05, 0.1) is 6.61 Å². The molecule has 0 fully saturated rings. The highest BCUT2D eigenvalue weighted by molar-refractivity contribution is 4.47. The molecule has 0 heterocycles. The van der Waals surface area contributed by atoms with Gasteiger partial charge in [-0.2, -0.15) is 0 Å². The van der Waals surface area contributed by atoms with Crippen LogP contribution in [0.1, 0.15) is 71.6 Å². The highest BCUT2D eigenvalue weighted by Crippen LogP contribution is 2.09. The summed E-state index contributed by atoms with van der Waals surface area (Å²) in [6.45, 7) is 8.25. The summed E-state index contributed by atoms with van der Waals surface area (Å²) in [5.41, 5.74) is 0. The van der Waals surface area contributed by atoms with Crippen LogP contribution in [0.5, 0.6) is 0 Å². The number of hydrogen-bond acceptors (Lipinski definition) is 2. The fourth-order valence-corrected chi connectivity index (χ4v) is 1.94. The van der Waals surface area contributed by atoms with Crippen LogP contribution >= 0.6 is 0 Å². The molecule has 2 heteroatoms. The van der Waals surface area contributed by atoms with Crippen molar-refractivity contribution in [3.05, 3.63) is 0 Å². The zero-order valence-corrected chi connectivity index (χ0v) is 12.1. The van der Waals surface area contributed by atoms with Gasteiger partial charge in [-0.25, -0.2) is 0 Å². The Morgan fingerprint density at radius 2 is 1.29 bits per heavy atom. The molecule has 17 heavy (non-hydrogen) atoms. The van der Waals surface area contributed by atoms with E-state index in [1.54, 1.807) is 0 Å². The van der Waals surface area contributed by atoms with E-state index in [-0.39, 0.29) is 0 Å². The van der Waals surface area contributed by atoms with Crippen molar-refractivity contribution >= 4 is 0 Å². The molecular weight excluding hydrogens is 210 g/mol. The third kappa shape index (κ3) is 15.9. The van der Waals surface area contributed by atoms with E-state index >= 15 is 0 Å². The highest BCUT2D eigenvalue weighted by atomic mass is 16.5. The van der Waals surface area contributed by atoms with Crippen molar-refractivity contribution in [2.45, 2.75) is 71.6 Å². The number of nitrogens with one attached hydrogen (secondary N) is 1. The first kappa shape index (κ1) is 16.9. The Kier molecular flexibility index (Phi) is 15.8. The van der Waals surface area contributed by atoms with Gasteiger partial charge in [-0.05, 0) is 13.0 Å². The van der Waals surface area contributed by atoms with Crippen molar-refractivity contribution in [1.29, 1.82) is 0 Å². The van der Waals surface area contributed by atoms with E-state index < -0.39 is 0 Å². The van der Waals surface area contributed by atoms with E-state index in [2.05, 4.69) is 19.2 Å². The van der Waals surface area contributed by atoms with Gasteiger partial charge in [-0.1, -0.05) is 65.2 Å². The molecule has 0 bridgehead atoms. The van der Waals surface area contributed by atoms with Crippen LogP contribution in [0.2, 0.25) is 0 Å². The second-order valence-electron chi connectivity index (χ2n) is 4.79. The molecule has 0 rings (SSSR count). The molecule has 0 aromatic rings. The van der Waals surface area contributed by atoms with Crippen molar-refractivity contribution in [1.82, 2.24) is 5.32 Å². The quantitative estimate of drug-likeness (QED) is 0.463. The van der Waals surface area contributed by atoms with E-state index in [1.807, 2.05) is 0 Å². The second-order valence-corrected chi connectivity index (χ2v) is 4.79. The molecule has 0 unspecified atom stereocenters. The molecule has 104 valence electrons. The van der Waals surface area contributed by atoms with Crippen LogP contribution in [0.15, 0.2) is 0 Å². The minimum atomic E-state index is 0.866. The SMILES string of the molecule is CCCCCCCCCCCOCCNCC. The Labute approximate surface area is 109 Å². The van der Waals surface area contributed by atoms with E-state index in [1.165, 1.54) is 57.8 Å². The zero-order valence-electron chi connectivity index (χ0n) is 12.1. The number of hydrogen-bond donors (Lipinski definition) is 1. The van der Waals surface area contributed by atoms with E-state index in [0.29, 0.717) is 0 Å². The summed E-state index contributed by atoms with van der Waals surface area (Å²) in [6, 6.07) is 0. The van der Waals surface area contributed by atoms with Crippen molar-refractivity contribution < 1.29 is 4.74 Å². The Morgan fingerprint density at radius 1 is 0.706 bits per heavy atom. The van der Waals surface area contributed by atoms with Crippen LogP contribution < -0.4 is 5.32 Å². The number of ether oxygens (including phenoxy) is 1. The fraction of sp³-hybridized carbons (Fsp3) is 1.00. The van der Waals surface area contributed by atoms with Gasteiger partial charge in [-0.15, -0.1) is 0 Å².